The van der Waals surface area contributed by atoms with Gasteiger partial charge in [0.15, 0.2) is 0 Å². The molecule has 0 aliphatic rings. The Kier molecular flexibility index (Phi) is 5.20. The monoisotopic (exact) mass is 348 g/mol. The normalized spacial score (nSPS) is 9.76. The van der Waals surface area contributed by atoms with Crippen LogP contribution in [0.2, 0.25) is 0 Å². The summed E-state index contributed by atoms with van der Waals surface area (Å²) < 4.78 is 1.07. The standard InChI is InChI=1S/C11H13IN2O3/c1-2-14(7-10(15)16)11(17)13-9-5-3-8(12)4-6-9/h3-6H,2,7H2,1H3,(H,13,17)(H,15,16). The quantitative estimate of drug-likeness (QED) is 0.820. The fraction of sp³-hybridized carbons (Fsp3) is 0.273. The zero-order valence-corrected chi connectivity index (χ0v) is 11.5. The number of carbonyl (C=O) groups is 2. The van der Waals surface area contributed by atoms with Crippen LogP contribution in [-0.2, 0) is 4.79 Å². The van der Waals surface area contributed by atoms with Gasteiger partial charge in [-0.3, -0.25) is 4.79 Å². The van der Waals surface area contributed by atoms with E-state index in [-0.39, 0.29) is 6.54 Å². The van der Waals surface area contributed by atoms with Gasteiger partial charge in [0.25, 0.3) is 0 Å². The summed E-state index contributed by atoms with van der Waals surface area (Å²) in [6.45, 7) is 1.78. The second-order valence-electron chi connectivity index (χ2n) is 3.34. The van der Waals surface area contributed by atoms with Crippen LogP contribution in [-0.4, -0.2) is 35.1 Å². The maximum Gasteiger partial charge on any atom is 0.323 e. The molecule has 0 atom stereocenters. The van der Waals surface area contributed by atoms with E-state index in [9.17, 15) is 9.59 Å². The van der Waals surface area contributed by atoms with Crippen molar-refractivity contribution in [2.24, 2.45) is 0 Å². The smallest absolute Gasteiger partial charge is 0.323 e. The molecule has 2 N–H and O–H groups in total. The molecule has 17 heavy (non-hydrogen) atoms. The van der Waals surface area contributed by atoms with Gasteiger partial charge in [-0.1, -0.05) is 0 Å². The van der Waals surface area contributed by atoms with Gasteiger partial charge in [-0.05, 0) is 53.8 Å². The average Bonchev–Trinajstić information content (AvgIpc) is 2.28. The number of anilines is 1. The van der Waals surface area contributed by atoms with Crippen molar-refractivity contribution in [2.75, 3.05) is 18.4 Å². The number of halogens is 1. The third-order valence-electron chi connectivity index (χ3n) is 2.09. The first kappa shape index (κ1) is 13.8. The van der Waals surface area contributed by atoms with E-state index < -0.39 is 12.0 Å². The Morgan fingerprint density at radius 3 is 2.41 bits per heavy atom. The van der Waals surface area contributed by atoms with Crippen molar-refractivity contribution in [1.82, 2.24) is 4.90 Å². The number of hydrogen-bond acceptors (Lipinski definition) is 2. The van der Waals surface area contributed by atoms with Crippen LogP contribution in [0.3, 0.4) is 0 Å². The lowest BCUT2D eigenvalue weighted by molar-refractivity contribution is -0.137. The molecule has 0 saturated carbocycles. The predicted octanol–water partition coefficient (Wildman–Crippen LogP) is 2.23. The zero-order chi connectivity index (χ0) is 12.8. The van der Waals surface area contributed by atoms with Crippen LogP contribution >= 0.6 is 22.6 Å². The maximum absolute atomic E-state index is 11.7. The van der Waals surface area contributed by atoms with E-state index in [2.05, 4.69) is 27.9 Å². The van der Waals surface area contributed by atoms with Gasteiger partial charge in [-0.15, -0.1) is 0 Å². The van der Waals surface area contributed by atoms with Crippen LogP contribution in [0.5, 0.6) is 0 Å². The molecule has 0 spiro atoms. The largest absolute Gasteiger partial charge is 0.480 e. The van der Waals surface area contributed by atoms with E-state index in [0.717, 1.165) is 3.57 Å². The summed E-state index contributed by atoms with van der Waals surface area (Å²) in [7, 11) is 0. The molecule has 0 heterocycles. The number of aliphatic carboxylic acids is 1. The van der Waals surface area contributed by atoms with Gasteiger partial charge in [0.05, 0.1) is 0 Å². The molecule has 5 nitrogen and oxygen atoms in total. The second kappa shape index (κ2) is 6.43. The Morgan fingerprint density at radius 2 is 1.94 bits per heavy atom. The fourth-order valence-electron chi connectivity index (χ4n) is 1.23. The summed E-state index contributed by atoms with van der Waals surface area (Å²) in [6, 6.07) is 6.87. The molecule has 0 aromatic heterocycles. The van der Waals surface area contributed by atoms with Crippen LogP contribution in [0.15, 0.2) is 24.3 Å². The molecule has 0 fully saturated rings. The number of likely N-dealkylation sites (N-methyl/N-ethyl adjacent to an activating group) is 1. The van der Waals surface area contributed by atoms with Crippen molar-refractivity contribution in [3.05, 3.63) is 27.8 Å². The number of nitrogens with one attached hydrogen (secondary N) is 1. The van der Waals surface area contributed by atoms with E-state index in [4.69, 9.17) is 5.11 Å². The number of benzene rings is 1. The molecular weight excluding hydrogens is 335 g/mol. The van der Waals surface area contributed by atoms with E-state index >= 15 is 0 Å². The van der Waals surface area contributed by atoms with Crippen LogP contribution in [0.25, 0.3) is 0 Å². The number of amides is 2. The number of rotatable bonds is 4. The van der Waals surface area contributed by atoms with Gasteiger partial charge in [-0.2, -0.15) is 0 Å². The number of carboxylic acids is 1. The molecule has 0 aliphatic heterocycles. The molecule has 0 saturated heterocycles. The van der Waals surface area contributed by atoms with Crippen molar-refractivity contribution in [1.29, 1.82) is 0 Å². The third-order valence-corrected chi connectivity index (χ3v) is 2.81. The van der Waals surface area contributed by atoms with Crippen molar-refractivity contribution >= 4 is 40.3 Å². The highest BCUT2D eigenvalue weighted by molar-refractivity contribution is 14.1. The Labute approximate surface area is 113 Å². The van der Waals surface area contributed by atoms with Crippen LogP contribution in [0.4, 0.5) is 10.5 Å². The van der Waals surface area contributed by atoms with E-state index in [1.807, 2.05) is 12.1 Å². The van der Waals surface area contributed by atoms with Crippen molar-refractivity contribution in [3.63, 3.8) is 0 Å². The van der Waals surface area contributed by atoms with Crippen molar-refractivity contribution in [2.45, 2.75) is 6.92 Å². The Balaban J connectivity index is 2.63. The van der Waals surface area contributed by atoms with Gasteiger partial charge in [0.2, 0.25) is 0 Å². The lowest BCUT2D eigenvalue weighted by Crippen LogP contribution is -2.38. The molecule has 0 bridgehead atoms. The van der Waals surface area contributed by atoms with Gasteiger partial charge in [0, 0.05) is 15.8 Å². The first-order chi connectivity index (χ1) is 8.02. The van der Waals surface area contributed by atoms with Crippen LogP contribution in [0, 0.1) is 3.57 Å². The molecule has 0 aliphatic carbocycles. The summed E-state index contributed by atoms with van der Waals surface area (Å²) >= 11 is 2.17. The number of carboxylic acid groups (broad SMARTS) is 1. The molecule has 92 valence electrons. The first-order valence-electron chi connectivity index (χ1n) is 5.06. The summed E-state index contributed by atoms with van der Waals surface area (Å²) in [6.07, 6.45) is 0. The number of carbonyl (C=O) groups excluding carboxylic acids is 1. The van der Waals surface area contributed by atoms with Crippen LogP contribution in [0.1, 0.15) is 6.92 Å². The minimum atomic E-state index is -1.02. The van der Waals surface area contributed by atoms with Gasteiger partial charge in [0.1, 0.15) is 6.54 Å². The van der Waals surface area contributed by atoms with Crippen LogP contribution < -0.4 is 5.32 Å². The molecule has 1 rings (SSSR count). The van der Waals surface area contributed by atoms with Gasteiger partial charge >= 0.3 is 12.0 Å². The Bertz CT molecular complexity index is 406. The lowest BCUT2D eigenvalue weighted by atomic mass is 10.3. The van der Waals surface area contributed by atoms with Gasteiger partial charge in [-0.25, -0.2) is 4.79 Å². The highest BCUT2D eigenvalue weighted by Crippen LogP contribution is 2.11. The summed E-state index contributed by atoms with van der Waals surface area (Å²) in [4.78, 5) is 23.5. The molecular formula is C11H13IN2O3. The summed E-state index contributed by atoms with van der Waals surface area (Å²) in [5, 5.41) is 11.3. The molecule has 0 unspecified atom stereocenters. The maximum atomic E-state index is 11.7. The topological polar surface area (TPSA) is 69.6 Å². The van der Waals surface area contributed by atoms with Gasteiger partial charge < -0.3 is 15.3 Å². The third kappa shape index (κ3) is 4.59. The van der Waals surface area contributed by atoms with E-state index in [1.165, 1.54) is 4.90 Å². The molecule has 1 aromatic rings. The number of nitrogens with zero attached hydrogens (tertiary/aromatic N) is 1. The molecule has 1 aromatic carbocycles. The van der Waals surface area contributed by atoms with Crippen molar-refractivity contribution < 1.29 is 14.7 Å². The van der Waals surface area contributed by atoms with E-state index in [0.29, 0.717) is 12.2 Å². The second-order valence-corrected chi connectivity index (χ2v) is 4.59. The SMILES string of the molecule is CCN(CC(=O)O)C(=O)Nc1ccc(I)cc1. The minimum Gasteiger partial charge on any atom is -0.480 e. The number of hydrogen-bond donors (Lipinski definition) is 2. The Hall–Kier alpha value is -1.31. The Morgan fingerprint density at radius 1 is 1.35 bits per heavy atom. The summed E-state index contributed by atoms with van der Waals surface area (Å²) in [5.41, 5.74) is 0.652. The summed E-state index contributed by atoms with van der Waals surface area (Å²) in [5.74, 6) is -1.02. The first-order valence-corrected chi connectivity index (χ1v) is 6.14. The highest BCUT2D eigenvalue weighted by atomic mass is 127. The average molecular weight is 348 g/mol. The minimum absolute atomic E-state index is 0.299. The predicted molar refractivity (Wildman–Crippen MR) is 73.1 cm³/mol. The van der Waals surface area contributed by atoms with E-state index in [1.54, 1.807) is 19.1 Å². The zero-order valence-electron chi connectivity index (χ0n) is 9.31. The highest BCUT2D eigenvalue weighted by Gasteiger charge is 2.14. The number of urea groups is 1. The molecule has 2 amide bonds. The van der Waals surface area contributed by atoms with Crippen molar-refractivity contribution in [3.8, 4) is 0 Å². The lowest BCUT2D eigenvalue weighted by Gasteiger charge is -2.19. The molecule has 0 radical (unpaired) electrons. The fourth-order valence-corrected chi connectivity index (χ4v) is 1.59. The molecule has 6 heteroatoms.